The van der Waals surface area contributed by atoms with E-state index in [1.807, 2.05) is 18.4 Å². The van der Waals surface area contributed by atoms with Gasteiger partial charge in [-0.25, -0.2) is 0 Å². The largest absolute Gasteiger partial charge is 0.256 e. The molecule has 65 valence electrons. The minimum absolute atomic E-state index is 1.07. The molecule has 2 rings (SSSR count). The van der Waals surface area contributed by atoms with Gasteiger partial charge in [-0.15, -0.1) is 0 Å². The summed E-state index contributed by atoms with van der Waals surface area (Å²) >= 11 is 0. The lowest BCUT2D eigenvalue weighted by Crippen LogP contribution is -1.96. The number of allylic oxidation sites excluding steroid dienone is 2. The molecule has 0 saturated heterocycles. The van der Waals surface area contributed by atoms with Gasteiger partial charge in [0.05, 0.1) is 5.70 Å². The minimum Gasteiger partial charge on any atom is -0.256 e. The Kier molecular flexibility index (Phi) is 1.93. The van der Waals surface area contributed by atoms with E-state index in [9.17, 15) is 0 Å². The molecule has 0 unspecified atom stereocenters. The van der Waals surface area contributed by atoms with Crippen LogP contribution in [-0.2, 0) is 0 Å². The molecule has 1 aromatic rings. The van der Waals surface area contributed by atoms with Crippen molar-refractivity contribution in [2.45, 2.75) is 13.8 Å². The number of benzene rings is 1. The van der Waals surface area contributed by atoms with Crippen LogP contribution in [0.2, 0.25) is 0 Å². The molecule has 13 heavy (non-hydrogen) atoms. The van der Waals surface area contributed by atoms with Gasteiger partial charge in [0, 0.05) is 11.8 Å². The van der Waals surface area contributed by atoms with Crippen molar-refractivity contribution in [2.24, 2.45) is 0 Å². The van der Waals surface area contributed by atoms with Crippen molar-refractivity contribution in [3.8, 4) is 0 Å². The van der Waals surface area contributed by atoms with E-state index in [0.717, 1.165) is 5.70 Å². The van der Waals surface area contributed by atoms with E-state index >= 15 is 0 Å². The number of aryl methyl sites for hydroxylation is 1. The summed E-state index contributed by atoms with van der Waals surface area (Å²) in [5.41, 5.74) is 4.95. The first-order chi connectivity index (χ1) is 6.29. The lowest BCUT2D eigenvalue weighted by atomic mass is 10.0. The third-order valence-electron chi connectivity index (χ3n) is 2.43. The summed E-state index contributed by atoms with van der Waals surface area (Å²) in [4.78, 5) is 0. The second-order valence-corrected chi connectivity index (χ2v) is 3.27. The van der Waals surface area contributed by atoms with Crippen LogP contribution in [0.4, 0.5) is 0 Å². The molecule has 1 heteroatoms. The van der Waals surface area contributed by atoms with Crippen LogP contribution < -0.4 is 5.32 Å². The van der Waals surface area contributed by atoms with Gasteiger partial charge in [0.25, 0.3) is 0 Å². The summed E-state index contributed by atoms with van der Waals surface area (Å²) in [6.45, 7) is 4.27. The fraction of sp³-hybridized carbons (Fsp3) is 0.167. The molecule has 0 saturated carbocycles. The molecule has 1 heterocycles. The van der Waals surface area contributed by atoms with Gasteiger partial charge in [-0.05, 0) is 37.1 Å². The average molecular weight is 170 g/mol. The van der Waals surface area contributed by atoms with Crippen molar-refractivity contribution >= 4 is 5.70 Å². The SMILES string of the molecule is Cc1cccc(C2=CC=C[N]2)c1C. The van der Waals surface area contributed by atoms with Gasteiger partial charge in [-0.2, -0.15) is 0 Å². The van der Waals surface area contributed by atoms with E-state index in [1.165, 1.54) is 16.7 Å². The van der Waals surface area contributed by atoms with Crippen molar-refractivity contribution in [2.75, 3.05) is 0 Å². The topological polar surface area (TPSA) is 14.1 Å². The normalized spacial score (nSPS) is 14.2. The molecule has 0 aliphatic carbocycles. The first-order valence-corrected chi connectivity index (χ1v) is 4.43. The maximum atomic E-state index is 4.29. The molecule has 1 aliphatic heterocycles. The Morgan fingerprint density at radius 1 is 1.15 bits per heavy atom. The predicted molar refractivity (Wildman–Crippen MR) is 55.2 cm³/mol. The molecular formula is C12H12N. The molecule has 0 spiro atoms. The molecule has 0 fully saturated rings. The maximum Gasteiger partial charge on any atom is 0.0705 e. The van der Waals surface area contributed by atoms with Crippen LogP contribution in [0.1, 0.15) is 16.7 Å². The second kappa shape index (κ2) is 3.09. The number of hydrogen-bond donors (Lipinski definition) is 0. The maximum absolute atomic E-state index is 4.29. The van der Waals surface area contributed by atoms with Gasteiger partial charge < -0.3 is 0 Å². The Bertz CT molecular complexity index is 386. The van der Waals surface area contributed by atoms with Gasteiger partial charge in [-0.3, -0.25) is 5.32 Å². The summed E-state index contributed by atoms with van der Waals surface area (Å²) in [5, 5.41) is 4.29. The Morgan fingerprint density at radius 2 is 2.00 bits per heavy atom. The molecule has 1 radical (unpaired) electrons. The molecular weight excluding hydrogens is 158 g/mol. The first kappa shape index (κ1) is 8.11. The monoisotopic (exact) mass is 170 g/mol. The summed E-state index contributed by atoms with van der Waals surface area (Å²) < 4.78 is 0. The average Bonchev–Trinajstić information content (AvgIpc) is 2.62. The van der Waals surface area contributed by atoms with Crippen LogP contribution in [0.5, 0.6) is 0 Å². The molecule has 0 bridgehead atoms. The van der Waals surface area contributed by atoms with E-state index < -0.39 is 0 Å². The van der Waals surface area contributed by atoms with E-state index in [1.54, 1.807) is 0 Å². The molecule has 0 N–H and O–H groups in total. The predicted octanol–water partition coefficient (Wildman–Crippen LogP) is 2.78. The zero-order valence-electron chi connectivity index (χ0n) is 7.91. The summed E-state index contributed by atoms with van der Waals surface area (Å²) in [5.74, 6) is 0. The van der Waals surface area contributed by atoms with Gasteiger partial charge >= 0.3 is 0 Å². The van der Waals surface area contributed by atoms with Crippen molar-refractivity contribution in [1.82, 2.24) is 5.32 Å². The van der Waals surface area contributed by atoms with Crippen LogP contribution >= 0.6 is 0 Å². The third kappa shape index (κ3) is 1.37. The highest BCUT2D eigenvalue weighted by Gasteiger charge is 2.07. The van der Waals surface area contributed by atoms with Crippen LogP contribution in [0.3, 0.4) is 0 Å². The van der Waals surface area contributed by atoms with Crippen LogP contribution in [0, 0.1) is 13.8 Å². The van der Waals surface area contributed by atoms with Gasteiger partial charge in [0.2, 0.25) is 0 Å². The number of hydrogen-bond acceptors (Lipinski definition) is 0. The molecule has 0 amide bonds. The van der Waals surface area contributed by atoms with Crippen LogP contribution in [0.25, 0.3) is 5.70 Å². The van der Waals surface area contributed by atoms with Gasteiger partial charge in [0.15, 0.2) is 0 Å². The third-order valence-corrected chi connectivity index (χ3v) is 2.43. The van der Waals surface area contributed by atoms with Gasteiger partial charge in [0.1, 0.15) is 0 Å². The Hall–Kier alpha value is -1.50. The van der Waals surface area contributed by atoms with Crippen LogP contribution in [-0.4, -0.2) is 0 Å². The molecule has 1 nitrogen and oxygen atoms in total. The minimum atomic E-state index is 1.07. The second-order valence-electron chi connectivity index (χ2n) is 3.27. The van der Waals surface area contributed by atoms with E-state index in [0.29, 0.717) is 0 Å². The fourth-order valence-corrected chi connectivity index (χ4v) is 1.49. The number of nitrogens with zero attached hydrogens (tertiary/aromatic N) is 1. The zero-order valence-corrected chi connectivity index (χ0v) is 7.91. The van der Waals surface area contributed by atoms with Gasteiger partial charge in [-0.1, -0.05) is 18.2 Å². The molecule has 1 aliphatic rings. The smallest absolute Gasteiger partial charge is 0.0705 e. The first-order valence-electron chi connectivity index (χ1n) is 4.43. The van der Waals surface area contributed by atoms with E-state index in [2.05, 4.69) is 37.4 Å². The van der Waals surface area contributed by atoms with Crippen molar-refractivity contribution in [3.63, 3.8) is 0 Å². The summed E-state index contributed by atoms with van der Waals surface area (Å²) in [6, 6.07) is 6.32. The van der Waals surface area contributed by atoms with Crippen molar-refractivity contribution in [3.05, 3.63) is 53.2 Å². The van der Waals surface area contributed by atoms with E-state index in [-0.39, 0.29) is 0 Å². The fourth-order valence-electron chi connectivity index (χ4n) is 1.49. The highest BCUT2D eigenvalue weighted by atomic mass is 14.9. The molecule has 0 atom stereocenters. The lowest BCUT2D eigenvalue weighted by molar-refractivity contribution is 1.20. The van der Waals surface area contributed by atoms with E-state index in [4.69, 9.17) is 0 Å². The molecule has 0 aromatic heterocycles. The highest BCUT2D eigenvalue weighted by molar-refractivity contribution is 5.71. The zero-order chi connectivity index (χ0) is 9.26. The Labute approximate surface area is 78.8 Å². The Morgan fingerprint density at radius 3 is 2.69 bits per heavy atom. The quantitative estimate of drug-likeness (QED) is 0.615. The Balaban J connectivity index is 2.46. The summed E-state index contributed by atoms with van der Waals surface area (Å²) in [6.07, 6.45) is 5.84. The summed E-state index contributed by atoms with van der Waals surface area (Å²) in [7, 11) is 0. The van der Waals surface area contributed by atoms with Crippen molar-refractivity contribution in [1.29, 1.82) is 0 Å². The van der Waals surface area contributed by atoms with Crippen LogP contribution in [0.15, 0.2) is 36.6 Å². The number of rotatable bonds is 1. The molecule has 1 aromatic carbocycles. The lowest BCUT2D eigenvalue weighted by Gasteiger charge is -2.08. The van der Waals surface area contributed by atoms with Crippen molar-refractivity contribution < 1.29 is 0 Å². The highest BCUT2D eigenvalue weighted by Crippen LogP contribution is 2.22. The standard InChI is InChI=1S/C12H12N/c1-9-5-3-6-11(10(9)2)12-7-4-8-13-12/h3-8H,1-2H3.